The maximum absolute atomic E-state index is 12.4. The summed E-state index contributed by atoms with van der Waals surface area (Å²) in [6, 6.07) is 14.0. The molecule has 3 aromatic rings. The van der Waals surface area contributed by atoms with Gasteiger partial charge in [-0.15, -0.1) is 0 Å². The van der Waals surface area contributed by atoms with E-state index >= 15 is 0 Å². The molecular formula is C19H19BrN2O. The summed E-state index contributed by atoms with van der Waals surface area (Å²) in [5.74, 6) is 0.000191. The maximum atomic E-state index is 12.4. The second kappa shape index (κ2) is 6.20. The number of nitrogens with zero attached hydrogens (tertiary/aromatic N) is 1. The van der Waals surface area contributed by atoms with Gasteiger partial charge in [-0.3, -0.25) is 4.79 Å². The van der Waals surface area contributed by atoms with Crippen molar-refractivity contribution in [2.45, 2.75) is 20.3 Å². The first-order chi connectivity index (χ1) is 11.0. The van der Waals surface area contributed by atoms with Crippen molar-refractivity contribution < 1.29 is 4.79 Å². The van der Waals surface area contributed by atoms with E-state index in [1.807, 2.05) is 44.3 Å². The fraction of sp³-hybridized carbons (Fsp3) is 0.211. The fourth-order valence-electron chi connectivity index (χ4n) is 2.86. The molecule has 3 rings (SSSR count). The molecule has 0 atom stereocenters. The minimum atomic E-state index is 0.000191. The highest BCUT2D eigenvalue weighted by Gasteiger charge is 2.15. The Kier molecular flexibility index (Phi) is 4.26. The Morgan fingerprint density at radius 2 is 1.91 bits per heavy atom. The van der Waals surface area contributed by atoms with Crippen LogP contribution in [0.15, 0.2) is 46.9 Å². The largest absolute Gasteiger partial charge is 0.348 e. The lowest BCUT2D eigenvalue weighted by Crippen LogP contribution is -2.15. The van der Waals surface area contributed by atoms with Crippen molar-refractivity contribution in [3.8, 4) is 0 Å². The monoisotopic (exact) mass is 370 g/mol. The molecule has 23 heavy (non-hydrogen) atoms. The van der Waals surface area contributed by atoms with E-state index in [0.717, 1.165) is 37.9 Å². The number of halogens is 1. The van der Waals surface area contributed by atoms with Crippen LogP contribution < -0.4 is 5.32 Å². The fourth-order valence-corrected chi connectivity index (χ4v) is 3.24. The van der Waals surface area contributed by atoms with Crippen LogP contribution in [-0.2, 0) is 18.3 Å². The molecule has 0 spiro atoms. The summed E-state index contributed by atoms with van der Waals surface area (Å²) in [5, 5.41) is 4.13. The predicted octanol–water partition coefficient (Wildman–Crippen LogP) is 4.74. The van der Waals surface area contributed by atoms with Gasteiger partial charge in [0.05, 0.1) is 6.42 Å². The number of hydrogen-bond acceptors (Lipinski definition) is 1. The highest BCUT2D eigenvalue weighted by atomic mass is 79.9. The standard InChI is InChI=1S/C19H19BrN2O/c1-12-8-9-14(10-17(12)20)21-19(23)11-16-13(2)22(3)18-7-5-4-6-15(16)18/h4-10H,11H2,1-3H3,(H,21,23). The highest BCUT2D eigenvalue weighted by Crippen LogP contribution is 2.26. The summed E-state index contributed by atoms with van der Waals surface area (Å²) >= 11 is 3.50. The summed E-state index contributed by atoms with van der Waals surface area (Å²) in [7, 11) is 2.04. The number of hydrogen-bond donors (Lipinski definition) is 1. The molecule has 118 valence electrons. The quantitative estimate of drug-likeness (QED) is 0.709. The van der Waals surface area contributed by atoms with Crippen molar-refractivity contribution in [2.75, 3.05) is 5.32 Å². The van der Waals surface area contributed by atoms with E-state index in [0.29, 0.717) is 6.42 Å². The number of carbonyl (C=O) groups is 1. The van der Waals surface area contributed by atoms with Crippen LogP contribution in [0.3, 0.4) is 0 Å². The van der Waals surface area contributed by atoms with Crippen molar-refractivity contribution in [1.82, 2.24) is 4.57 Å². The maximum Gasteiger partial charge on any atom is 0.228 e. The summed E-state index contributed by atoms with van der Waals surface area (Å²) in [6.45, 7) is 4.08. The van der Waals surface area contributed by atoms with Crippen LogP contribution in [0.1, 0.15) is 16.8 Å². The second-order valence-electron chi connectivity index (χ2n) is 5.83. The van der Waals surface area contributed by atoms with Crippen LogP contribution in [0.4, 0.5) is 5.69 Å². The minimum Gasteiger partial charge on any atom is -0.348 e. The number of aryl methyl sites for hydroxylation is 2. The van der Waals surface area contributed by atoms with E-state index in [2.05, 4.69) is 44.9 Å². The molecule has 0 radical (unpaired) electrons. The van der Waals surface area contributed by atoms with Gasteiger partial charge in [0.1, 0.15) is 0 Å². The lowest BCUT2D eigenvalue weighted by Gasteiger charge is -2.08. The number of rotatable bonds is 3. The zero-order valence-corrected chi connectivity index (χ0v) is 15.1. The molecule has 0 unspecified atom stereocenters. The molecule has 0 fully saturated rings. The number of amides is 1. The average molecular weight is 371 g/mol. The first-order valence-electron chi connectivity index (χ1n) is 7.56. The third-order valence-electron chi connectivity index (χ3n) is 4.32. The molecule has 0 aliphatic heterocycles. The smallest absolute Gasteiger partial charge is 0.228 e. The van der Waals surface area contributed by atoms with Crippen LogP contribution in [0.5, 0.6) is 0 Å². The van der Waals surface area contributed by atoms with Crippen molar-refractivity contribution in [3.63, 3.8) is 0 Å². The number of anilines is 1. The Morgan fingerprint density at radius 3 is 2.65 bits per heavy atom. The summed E-state index contributed by atoms with van der Waals surface area (Å²) < 4.78 is 3.14. The normalized spacial score (nSPS) is 11.0. The van der Waals surface area contributed by atoms with Crippen molar-refractivity contribution in [3.05, 3.63) is 63.8 Å². The molecule has 0 saturated heterocycles. The SMILES string of the molecule is Cc1ccc(NC(=O)Cc2c(C)n(C)c3ccccc23)cc1Br. The number of fused-ring (bicyclic) bond motifs is 1. The predicted molar refractivity (Wildman–Crippen MR) is 98.9 cm³/mol. The van der Waals surface area contributed by atoms with Crippen LogP contribution in [0, 0.1) is 13.8 Å². The third kappa shape index (κ3) is 3.04. The molecule has 1 aromatic heterocycles. The zero-order valence-electron chi connectivity index (χ0n) is 13.5. The van der Waals surface area contributed by atoms with Gasteiger partial charge in [0.2, 0.25) is 5.91 Å². The molecule has 1 N–H and O–H groups in total. The van der Waals surface area contributed by atoms with E-state index in [1.54, 1.807) is 0 Å². The Balaban J connectivity index is 1.86. The van der Waals surface area contributed by atoms with Gasteiger partial charge in [-0.1, -0.05) is 40.2 Å². The highest BCUT2D eigenvalue weighted by molar-refractivity contribution is 9.10. The summed E-state index contributed by atoms with van der Waals surface area (Å²) in [6.07, 6.45) is 0.374. The van der Waals surface area contributed by atoms with E-state index in [9.17, 15) is 4.79 Å². The Hall–Kier alpha value is -2.07. The lowest BCUT2D eigenvalue weighted by molar-refractivity contribution is -0.115. The van der Waals surface area contributed by atoms with Crippen LogP contribution in [-0.4, -0.2) is 10.5 Å². The second-order valence-corrected chi connectivity index (χ2v) is 6.68. The zero-order chi connectivity index (χ0) is 16.6. The lowest BCUT2D eigenvalue weighted by atomic mass is 10.1. The molecule has 1 heterocycles. The number of benzene rings is 2. The van der Waals surface area contributed by atoms with Gasteiger partial charge >= 0.3 is 0 Å². The summed E-state index contributed by atoms with van der Waals surface area (Å²) in [4.78, 5) is 12.4. The number of aromatic nitrogens is 1. The van der Waals surface area contributed by atoms with Gasteiger partial charge in [-0.25, -0.2) is 0 Å². The number of para-hydroxylation sites is 1. The number of nitrogens with one attached hydrogen (secondary N) is 1. The van der Waals surface area contributed by atoms with Crippen molar-refractivity contribution in [2.24, 2.45) is 7.05 Å². The number of carbonyl (C=O) groups excluding carboxylic acids is 1. The Labute approximate surface area is 144 Å². The molecule has 0 bridgehead atoms. The Bertz CT molecular complexity index is 896. The van der Waals surface area contributed by atoms with Gasteiger partial charge in [-0.2, -0.15) is 0 Å². The molecule has 4 heteroatoms. The van der Waals surface area contributed by atoms with Gasteiger partial charge < -0.3 is 9.88 Å². The molecule has 0 aliphatic carbocycles. The first-order valence-corrected chi connectivity index (χ1v) is 8.35. The average Bonchev–Trinajstić information content (AvgIpc) is 2.76. The van der Waals surface area contributed by atoms with E-state index in [4.69, 9.17) is 0 Å². The molecule has 1 amide bonds. The minimum absolute atomic E-state index is 0.000191. The molecular weight excluding hydrogens is 352 g/mol. The Morgan fingerprint density at radius 1 is 1.17 bits per heavy atom. The van der Waals surface area contributed by atoms with Crippen LogP contribution in [0.25, 0.3) is 10.9 Å². The molecule has 0 aliphatic rings. The molecule has 0 saturated carbocycles. The first kappa shape index (κ1) is 15.8. The van der Waals surface area contributed by atoms with E-state index in [1.165, 1.54) is 0 Å². The molecule has 2 aromatic carbocycles. The molecule has 3 nitrogen and oxygen atoms in total. The van der Waals surface area contributed by atoms with Crippen molar-refractivity contribution in [1.29, 1.82) is 0 Å². The van der Waals surface area contributed by atoms with Gasteiger partial charge in [-0.05, 0) is 43.2 Å². The van der Waals surface area contributed by atoms with E-state index in [-0.39, 0.29) is 5.91 Å². The third-order valence-corrected chi connectivity index (χ3v) is 5.18. The van der Waals surface area contributed by atoms with Crippen molar-refractivity contribution >= 4 is 38.4 Å². The summed E-state index contributed by atoms with van der Waals surface area (Å²) in [5.41, 5.74) is 5.34. The van der Waals surface area contributed by atoms with Gasteiger partial charge in [0.25, 0.3) is 0 Å². The van der Waals surface area contributed by atoms with Gasteiger partial charge in [0, 0.05) is 33.8 Å². The topological polar surface area (TPSA) is 34.0 Å². The van der Waals surface area contributed by atoms with Crippen LogP contribution >= 0.6 is 15.9 Å². The van der Waals surface area contributed by atoms with Gasteiger partial charge in [0.15, 0.2) is 0 Å². The van der Waals surface area contributed by atoms with E-state index < -0.39 is 0 Å². The van der Waals surface area contributed by atoms with Crippen LogP contribution in [0.2, 0.25) is 0 Å².